The summed E-state index contributed by atoms with van der Waals surface area (Å²) in [5, 5.41) is 6.29. The van der Waals surface area contributed by atoms with Crippen molar-refractivity contribution < 1.29 is 9.53 Å². The third-order valence-corrected chi connectivity index (χ3v) is 1.91. The Morgan fingerprint density at radius 1 is 1.75 bits per heavy atom. The summed E-state index contributed by atoms with van der Waals surface area (Å²) in [7, 11) is 0. The number of ether oxygens (including phenoxy) is 1. The standard InChI is InChI=1S/C8H16N2O2/c1-3-12-8(11)6(2)10-7-4-9-5-7/h6-7,9-10H,3-5H2,1-2H3. The SMILES string of the molecule is CCOC(=O)C(C)NC1CNC1. The first-order valence-electron chi connectivity index (χ1n) is 4.37. The first-order chi connectivity index (χ1) is 5.74. The highest BCUT2D eigenvalue weighted by Gasteiger charge is 2.22. The Bertz CT molecular complexity index is 157. The topological polar surface area (TPSA) is 50.4 Å². The van der Waals surface area contributed by atoms with Crippen LogP contribution in [0.3, 0.4) is 0 Å². The average Bonchev–Trinajstić information content (AvgIpc) is 1.97. The molecule has 1 unspecified atom stereocenters. The lowest BCUT2D eigenvalue weighted by Crippen LogP contribution is -2.59. The van der Waals surface area contributed by atoms with Crippen molar-refractivity contribution in [1.29, 1.82) is 0 Å². The highest BCUT2D eigenvalue weighted by molar-refractivity contribution is 5.75. The minimum Gasteiger partial charge on any atom is -0.465 e. The van der Waals surface area contributed by atoms with Crippen molar-refractivity contribution in [2.45, 2.75) is 25.9 Å². The van der Waals surface area contributed by atoms with E-state index in [2.05, 4.69) is 10.6 Å². The molecule has 0 spiro atoms. The van der Waals surface area contributed by atoms with Gasteiger partial charge in [-0.1, -0.05) is 0 Å². The van der Waals surface area contributed by atoms with Crippen molar-refractivity contribution in [1.82, 2.24) is 10.6 Å². The van der Waals surface area contributed by atoms with Gasteiger partial charge in [0, 0.05) is 19.1 Å². The first kappa shape index (κ1) is 9.48. The van der Waals surface area contributed by atoms with Crippen molar-refractivity contribution in [3.63, 3.8) is 0 Å². The van der Waals surface area contributed by atoms with Crippen LogP contribution in [0, 0.1) is 0 Å². The smallest absolute Gasteiger partial charge is 0.322 e. The van der Waals surface area contributed by atoms with Gasteiger partial charge in [0.15, 0.2) is 0 Å². The molecule has 12 heavy (non-hydrogen) atoms. The Morgan fingerprint density at radius 2 is 2.42 bits per heavy atom. The van der Waals surface area contributed by atoms with Crippen LogP contribution in [-0.2, 0) is 9.53 Å². The molecule has 2 N–H and O–H groups in total. The molecule has 0 saturated carbocycles. The molecule has 1 aliphatic rings. The Hall–Kier alpha value is -0.610. The van der Waals surface area contributed by atoms with E-state index in [1.807, 2.05) is 13.8 Å². The second-order valence-corrected chi connectivity index (χ2v) is 3.00. The number of carbonyl (C=O) groups excluding carboxylic acids is 1. The van der Waals surface area contributed by atoms with Crippen LogP contribution in [0.2, 0.25) is 0 Å². The summed E-state index contributed by atoms with van der Waals surface area (Å²) in [5.41, 5.74) is 0. The van der Waals surface area contributed by atoms with Crippen LogP contribution in [0.1, 0.15) is 13.8 Å². The third-order valence-electron chi connectivity index (χ3n) is 1.91. The maximum absolute atomic E-state index is 11.1. The minimum atomic E-state index is -0.183. The van der Waals surface area contributed by atoms with E-state index in [9.17, 15) is 4.79 Å². The zero-order valence-electron chi connectivity index (χ0n) is 7.59. The number of rotatable bonds is 4. The lowest BCUT2D eigenvalue weighted by Gasteiger charge is -2.30. The van der Waals surface area contributed by atoms with Crippen LogP contribution in [0.25, 0.3) is 0 Å². The van der Waals surface area contributed by atoms with Crippen LogP contribution in [0.15, 0.2) is 0 Å². The summed E-state index contributed by atoms with van der Waals surface area (Å²) in [4.78, 5) is 11.1. The lowest BCUT2D eigenvalue weighted by atomic mass is 10.1. The molecule has 0 aromatic carbocycles. The predicted molar refractivity (Wildman–Crippen MR) is 45.9 cm³/mol. The maximum Gasteiger partial charge on any atom is 0.322 e. The van der Waals surface area contributed by atoms with E-state index >= 15 is 0 Å². The van der Waals surface area contributed by atoms with Crippen LogP contribution in [-0.4, -0.2) is 37.7 Å². The average molecular weight is 172 g/mol. The molecule has 1 aliphatic heterocycles. The molecule has 1 heterocycles. The summed E-state index contributed by atoms with van der Waals surface area (Å²) in [5.74, 6) is -0.163. The molecule has 0 aliphatic carbocycles. The summed E-state index contributed by atoms with van der Waals surface area (Å²) >= 11 is 0. The van der Waals surface area contributed by atoms with Crippen LogP contribution in [0.5, 0.6) is 0 Å². The van der Waals surface area contributed by atoms with E-state index in [1.165, 1.54) is 0 Å². The summed E-state index contributed by atoms with van der Waals surface area (Å²) < 4.78 is 4.85. The number of nitrogens with one attached hydrogen (secondary N) is 2. The van der Waals surface area contributed by atoms with Gasteiger partial charge < -0.3 is 10.1 Å². The van der Waals surface area contributed by atoms with Gasteiger partial charge in [0.25, 0.3) is 0 Å². The van der Waals surface area contributed by atoms with Gasteiger partial charge in [-0.25, -0.2) is 0 Å². The quantitative estimate of drug-likeness (QED) is 0.561. The Labute approximate surface area is 72.7 Å². The normalized spacial score (nSPS) is 19.8. The molecule has 4 nitrogen and oxygen atoms in total. The fraction of sp³-hybridized carbons (Fsp3) is 0.875. The predicted octanol–water partition coefficient (Wildman–Crippen LogP) is -0.501. The van der Waals surface area contributed by atoms with Crippen LogP contribution < -0.4 is 10.6 Å². The maximum atomic E-state index is 11.1. The second kappa shape index (κ2) is 4.42. The van der Waals surface area contributed by atoms with E-state index < -0.39 is 0 Å². The molecule has 0 amide bonds. The Kier molecular flexibility index (Phi) is 3.49. The van der Waals surface area contributed by atoms with Gasteiger partial charge in [0.2, 0.25) is 0 Å². The fourth-order valence-electron chi connectivity index (χ4n) is 1.10. The molecule has 1 atom stereocenters. The van der Waals surface area contributed by atoms with Crippen molar-refractivity contribution in [2.24, 2.45) is 0 Å². The molecular formula is C8H16N2O2. The largest absolute Gasteiger partial charge is 0.465 e. The molecule has 70 valence electrons. The van der Waals surface area contributed by atoms with E-state index in [0.29, 0.717) is 12.6 Å². The molecule has 0 radical (unpaired) electrons. The third kappa shape index (κ3) is 2.46. The second-order valence-electron chi connectivity index (χ2n) is 3.00. The molecule has 1 rings (SSSR count). The monoisotopic (exact) mass is 172 g/mol. The van der Waals surface area contributed by atoms with E-state index in [4.69, 9.17) is 4.74 Å². The van der Waals surface area contributed by atoms with Gasteiger partial charge in [-0.3, -0.25) is 10.1 Å². The molecule has 1 saturated heterocycles. The van der Waals surface area contributed by atoms with Gasteiger partial charge in [-0.15, -0.1) is 0 Å². The van der Waals surface area contributed by atoms with Gasteiger partial charge in [0.1, 0.15) is 6.04 Å². The highest BCUT2D eigenvalue weighted by atomic mass is 16.5. The number of esters is 1. The van der Waals surface area contributed by atoms with Crippen LogP contribution in [0.4, 0.5) is 0 Å². The Morgan fingerprint density at radius 3 is 2.83 bits per heavy atom. The van der Waals surface area contributed by atoms with Crippen molar-refractivity contribution >= 4 is 5.97 Å². The van der Waals surface area contributed by atoms with E-state index in [0.717, 1.165) is 13.1 Å². The minimum absolute atomic E-state index is 0.163. The van der Waals surface area contributed by atoms with Crippen molar-refractivity contribution in [3.8, 4) is 0 Å². The number of hydrogen-bond donors (Lipinski definition) is 2. The Balaban J connectivity index is 2.16. The lowest BCUT2D eigenvalue weighted by molar-refractivity contribution is -0.145. The van der Waals surface area contributed by atoms with Crippen LogP contribution >= 0.6 is 0 Å². The molecular weight excluding hydrogens is 156 g/mol. The van der Waals surface area contributed by atoms with Gasteiger partial charge in [-0.05, 0) is 13.8 Å². The van der Waals surface area contributed by atoms with E-state index in [1.54, 1.807) is 0 Å². The van der Waals surface area contributed by atoms with Crippen molar-refractivity contribution in [3.05, 3.63) is 0 Å². The van der Waals surface area contributed by atoms with Gasteiger partial charge in [0.05, 0.1) is 6.61 Å². The molecule has 4 heteroatoms. The fourth-order valence-corrected chi connectivity index (χ4v) is 1.10. The van der Waals surface area contributed by atoms with Gasteiger partial charge >= 0.3 is 5.97 Å². The highest BCUT2D eigenvalue weighted by Crippen LogP contribution is 1.95. The molecule has 0 aromatic heterocycles. The number of carbonyl (C=O) groups is 1. The molecule has 0 aromatic rings. The summed E-state index contributed by atoms with van der Waals surface area (Å²) in [6.45, 7) is 5.99. The molecule has 0 bridgehead atoms. The summed E-state index contributed by atoms with van der Waals surface area (Å²) in [6.07, 6.45) is 0. The number of hydrogen-bond acceptors (Lipinski definition) is 4. The van der Waals surface area contributed by atoms with Gasteiger partial charge in [-0.2, -0.15) is 0 Å². The zero-order chi connectivity index (χ0) is 8.97. The first-order valence-corrected chi connectivity index (χ1v) is 4.37. The zero-order valence-corrected chi connectivity index (χ0v) is 7.59. The van der Waals surface area contributed by atoms with E-state index in [-0.39, 0.29) is 12.0 Å². The van der Waals surface area contributed by atoms with Crippen molar-refractivity contribution in [2.75, 3.05) is 19.7 Å². The summed E-state index contributed by atoms with van der Waals surface area (Å²) in [6, 6.07) is 0.251. The molecule has 1 fully saturated rings.